The van der Waals surface area contributed by atoms with Gasteiger partial charge in [-0.25, -0.2) is 0 Å². The SMILES string of the molecule is FC(F)(F)Cc1cncc(Nc2ccc3c(c2)CNCC3)c1. The Morgan fingerprint density at radius 1 is 1.09 bits per heavy atom. The monoisotopic (exact) mass is 307 g/mol. The van der Waals surface area contributed by atoms with Crippen molar-refractivity contribution in [2.24, 2.45) is 0 Å². The van der Waals surface area contributed by atoms with E-state index in [2.05, 4.69) is 21.7 Å². The first kappa shape index (κ1) is 14.8. The van der Waals surface area contributed by atoms with Crippen LogP contribution in [0, 0.1) is 0 Å². The van der Waals surface area contributed by atoms with Crippen molar-refractivity contribution < 1.29 is 13.2 Å². The number of nitrogens with zero attached hydrogens (tertiary/aromatic N) is 1. The van der Waals surface area contributed by atoms with Crippen molar-refractivity contribution in [3.8, 4) is 0 Å². The van der Waals surface area contributed by atoms with Gasteiger partial charge in [0.05, 0.1) is 18.3 Å². The molecule has 3 nitrogen and oxygen atoms in total. The summed E-state index contributed by atoms with van der Waals surface area (Å²) in [6.45, 7) is 1.79. The molecule has 0 saturated carbocycles. The highest BCUT2D eigenvalue weighted by atomic mass is 19.4. The molecule has 0 fully saturated rings. The van der Waals surface area contributed by atoms with Crippen LogP contribution in [0.15, 0.2) is 36.7 Å². The number of anilines is 2. The van der Waals surface area contributed by atoms with Gasteiger partial charge in [0, 0.05) is 18.4 Å². The molecular formula is C16H16F3N3. The number of fused-ring (bicyclic) bond motifs is 1. The lowest BCUT2D eigenvalue weighted by Crippen LogP contribution is -2.23. The Morgan fingerprint density at radius 2 is 1.95 bits per heavy atom. The average molecular weight is 307 g/mol. The molecular weight excluding hydrogens is 291 g/mol. The van der Waals surface area contributed by atoms with E-state index in [1.165, 1.54) is 29.6 Å². The van der Waals surface area contributed by atoms with Crippen LogP contribution in [0.3, 0.4) is 0 Å². The van der Waals surface area contributed by atoms with E-state index in [4.69, 9.17) is 0 Å². The molecule has 3 rings (SSSR count). The lowest BCUT2D eigenvalue weighted by molar-refractivity contribution is -0.127. The van der Waals surface area contributed by atoms with Gasteiger partial charge in [0.25, 0.3) is 0 Å². The van der Waals surface area contributed by atoms with Crippen molar-refractivity contribution in [2.45, 2.75) is 25.6 Å². The molecule has 0 amide bonds. The molecule has 0 radical (unpaired) electrons. The van der Waals surface area contributed by atoms with Crippen molar-refractivity contribution in [3.63, 3.8) is 0 Å². The lowest BCUT2D eigenvalue weighted by atomic mass is 10.0. The second-order valence-corrected chi connectivity index (χ2v) is 5.41. The molecule has 0 atom stereocenters. The van der Waals surface area contributed by atoms with Gasteiger partial charge in [0.15, 0.2) is 0 Å². The zero-order valence-electron chi connectivity index (χ0n) is 11.9. The molecule has 116 valence electrons. The highest BCUT2D eigenvalue weighted by Crippen LogP contribution is 2.25. The van der Waals surface area contributed by atoms with Gasteiger partial charge < -0.3 is 10.6 Å². The number of rotatable bonds is 3. The number of hydrogen-bond donors (Lipinski definition) is 2. The topological polar surface area (TPSA) is 37.0 Å². The molecule has 0 aliphatic carbocycles. The molecule has 6 heteroatoms. The van der Waals surface area contributed by atoms with Crippen molar-refractivity contribution >= 4 is 11.4 Å². The Kier molecular flexibility index (Phi) is 4.02. The maximum Gasteiger partial charge on any atom is 0.393 e. The maximum absolute atomic E-state index is 12.4. The number of nitrogens with one attached hydrogen (secondary N) is 2. The van der Waals surface area contributed by atoms with Gasteiger partial charge in [-0.15, -0.1) is 0 Å². The fourth-order valence-electron chi connectivity index (χ4n) is 2.61. The summed E-state index contributed by atoms with van der Waals surface area (Å²) in [5.74, 6) is 0. The largest absolute Gasteiger partial charge is 0.393 e. The summed E-state index contributed by atoms with van der Waals surface area (Å²) >= 11 is 0. The molecule has 22 heavy (non-hydrogen) atoms. The zero-order chi connectivity index (χ0) is 15.6. The van der Waals surface area contributed by atoms with Crippen LogP contribution in [0.5, 0.6) is 0 Å². The van der Waals surface area contributed by atoms with E-state index in [0.717, 1.165) is 25.2 Å². The van der Waals surface area contributed by atoms with Gasteiger partial charge in [-0.1, -0.05) is 6.07 Å². The Labute approximate surface area is 126 Å². The molecule has 0 spiro atoms. The summed E-state index contributed by atoms with van der Waals surface area (Å²) in [5, 5.41) is 6.42. The van der Waals surface area contributed by atoms with E-state index >= 15 is 0 Å². The van der Waals surface area contributed by atoms with E-state index in [1.807, 2.05) is 12.1 Å². The van der Waals surface area contributed by atoms with Gasteiger partial charge in [-0.2, -0.15) is 13.2 Å². The van der Waals surface area contributed by atoms with Gasteiger partial charge in [-0.05, 0) is 47.9 Å². The van der Waals surface area contributed by atoms with Crippen LogP contribution in [0.2, 0.25) is 0 Å². The highest BCUT2D eigenvalue weighted by molar-refractivity contribution is 5.61. The Balaban J connectivity index is 1.77. The maximum atomic E-state index is 12.4. The predicted octanol–water partition coefficient (Wildman–Crippen LogP) is 3.58. The van der Waals surface area contributed by atoms with Gasteiger partial charge in [0.2, 0.25) is 0 Å². The smallest absolute Gasteiger partial charge is 0.354 e. The Morgan fingerprint density at radius 3 is 2.77 bits per heavy atom. The average Bonchev–Trinajstić information content (AvgIpc) is 2.46. The van der Waals surface area contributed by atoms with Crippen molar-refractivity contribution in [1.29, 1.82) is 0 Å². The first-order chi connectivity index (χ1) is 10.5. The third-order valence-corrected chi connectivity index (χ3v) is 3.58. The quantitative estimate of drug-likeness (QED) is 0.910. The molecule has 1 aromatic carbocycles. The number of halogens is 3. The molecule has 2 aromatic rings. The third kappa shape index (κ3) is 3.76. The minimum absolute atomic E-state index is 0.150. The predicted molar refractivity (Wildman–Crippen MR) is 79.1 cm³/mol. The fourth-order valence-corrected chi connectivity index (χ4v) is 2.61. The van der Waals surface area contributed by atoms with Crippen LogP contribution in [-0.2, 0) is 19.4 Å². The minimum atomic E-state index is -4.22. The van der Waals surface area contributed by atoms with E-state index in [-0.39, 0.29) is 5.56 Å². The molecule has 1 aliphatic heterocycles. The second-order valence-electron chi connectivity index (χ2n) is 5.41. The Bertz CT molecular complexity index is 668. The summed E-state index contributed by atoms with van der Waals surface area (Å²) in [7, 11) is 0. The van der Waals surface area contributed by atoms with Gasteiger partial charge in [0.1, 0.15) is 0 Å². The number of aromatic nitrogens is 1. The summed E-state index contributed by atoms with van der Waals surface area (Å²) < 4.78 is 37.3. The van der Waals surface area contributed by atoms with Crippen LogP contribution in [0.25, 0.3) is 0 Å². The molecule has 1 aliphatic rings. The van der Waals surface area contributed by atoms with E-state index in [1.54, 1.807) is 0 Å². The third-order valence-electron chi connectivity index (χ3n) is 3.58. The number of alkyl halides is 3. The first-order valence-electron chi connectivity index (χ1n) is 7.10. The normalized spacial score (nSPS) is 14.5. The summed E-state index contributed by atoms with van der Waals surface area (Å²) in [4.78, 5) is 3.88. The van der Waals surface area contributed by atoms with Crippen molar-refractivity contribution in [2.75, 3.05) is 11.9 Å². The molecule has 2 heterocycles. The molecule has 2 N–H and O–H groups in total. The number of hydrogen-bond acceptors (Lipinski definition) is 3. The van der Waals surface area contributed by atoms with Crippen molar-refractivity contribution in [1.82, 2.24) is 10.3 Å². The van der Waals surface area contributed by atoms with Crippen molar-refractivity contribution in [3.05, 3.63) is 53.3 Å². The summed E-state index contributed by atoms with van der Waals surface area (Å²) in [5.41, 5.74) is 4.10. The van der Waals surface area contributed by atoms with Gasteiger partial charge in [-0.3, -0.25) is 4.98 Å². The van der Waals surface area contributed by atoms with Crippen LogP contribution in [0.4, 0.5) is 24.5 Å². The standard InChI is InChI=1S/C16H16F3N3/c17-16(18,19)7-11-5-15(10-21-8-11)22-14-2-1-12-3-4-20-9-13(12)6-14/h1-2,5-6,8,10,20,22H,3-4,7,9H2. The number of pyridine rings is 1. The number of benzene rings is 1. The fraction of sp³-hybridized carbons (Fsp3) is 0.312. The Hall–Kier alpha value is -2.08. The molecule has 0 unspecified atom stereocenters. The van der Waals surface area contributed by atoms with Crippen LogP contribution >= 0.6 is 0 Å². The van der Waals surface area contributed by atoms with Crippen LogP contribution in [0.1, 0.15) is 16.7 Å². The van der Waals surface area contributed by atoms with Crippen LogP contribution < -0.4 is 10.6 Å². The lowest BCUT2D eigenvalue weighted by Gasteiger charge is -2.18. The zero-order valence-corrected chi connectivity index (χ0v) is 11.9. The van der Waals surface area contributed by atoms with Gasteiger partial charge >= 0.3 is 6.18 Å². The first-order valence-corrected chi connectivity index (χ1v) is 7.10. The van der Waals surface area contributed by atoms with E-state index < -0.39 is 12.6 Å². The van der Waals surface area contributed by atoms with E-state index in [9.17, 15) is 13.2 Å². The molecule has 1 aromatic heterocycles. The van der Waals surface area contributed by atoms with E-state index in [0.29, 0.717) is 5.69 Å². The van der Waals surface area contributed by atoms with Crippen LogP contribution in [-0.4, -0.2) is 17.7 Å². The molecule has 0 bridgehead atoms. The minimum Gasteiger partial charge on any atom is -0.354 e. The summed E-state index contributed by atoms with van der Waals surface area (Å²) in [6.07, 6.45) is -1.42. The second kappa shape index (κ2) is 5.96. The highest BCUT2D eigenvalue weighted by Gasteiger charge is 2.27. The summed E-state index contributed by atoms with van der Waals surface area (Å²) in [6, 6.07) is 7.52. The molecule has 0 saturated heterocycles.